The van der Waals surface area contributed by atoms with Crippen LogP contribution >= 0.6 is 0 Å². The summed E-state index contributed by atoms with van der Waals surface area (Å²) in [6.45, 7) is 6.39. The van der Waals surface area contributed by atoms with Gasteiger partial charge in [-0.25, -0.2) is 0 Å². The van der Waals surface area contributed by atoms with E-state index in [9.17, 15) is 0 Å². The zero-order valence-corrected chi connectivity index (χ0v) is 14.2. The average molecular weight is 289 g/mol. The second kappa shape index (κ2) is 7.34. The molecule has 0 radical (unpaired) electrons. The average Bonchev–Trinajstić information content (AvgIpc) is 2.55. The van der Waals surface area contributed by atoms with Gasteiger partial charge in [-0.3, -0.25) is 0 Å². The molecule has 4 atom stereocenters. The van der Waals surface area contributed by atoms with Crippen LogP contribution in [0.15, 0.2) is 12.7 Å². The predicted molar refractivity (Wildman–Crippen MR) is 92.2 cm³/mol. The van der Waals surface area contributed by atoms with Crippen molar-refractivity contribution in [3.63, 3.8) is 0 Å². The number of hydrogen-bond donors (Lipinski definition) is 0. The molecule has 0 aromatic carbocycles. The quantitative estimate of drug-likeness (QED) is 0.510. The topological polar surface area (TPSA) is 0 Å². The third-order valence-corrected chi connectivity index (χ3v) is 7.28. The summed E-state index contributed by atoms with van der Waals surface area (Å²) in [7, 11) is 0. The van der Waals surface area contributed by atoms with Gasteiger partial charge in [0, 0.05) is 0 Å². The van der Waals surface area contributed by atoms with Crippen molar-refractivity contribution in [2.45, 2.75) is 84.0 Å². The Labute approximate surface area is 132 Å². The molecule has 3 rings (SSSR count). The van der Waals surface area contributed by atoms with Gasteiger partial charge in [0.15, 0.2) is 0 Å². The molecule has 0 heteroatoms. The second-order valence-corrected chi connectivity index (χ2v) is 8.47. The molecule has 3 aliphatic rings. The highest BCUT2D eigenvalue weighted by molar-refractivity contribution is 4.93. The number of rotatable bonds is 4. The van der Waals surface area contributed by atoms with Crippen LogP contribution in [0.25, 0.3) is 0 Å². The van der Waals surface area contributed by atoms with E-state index in [4.69, 9.17) is 0 Å². The lowest BCUT2D eigenvalue weighted by Gasteiger charge is -2.45. The zero-order chi connectivity index (χ0) is 14.7. The van der Waals surface area contributed by atoms with Gasteiger partial charge in [0.25, 0.3) is 0 Å². The fourth-order valence-corrected chi connectivity index (χ4v) is 5.96. The van der Waals surface area contributed by atoms with Crippen LogP contribution < -0.4 is 0 Å². The molecule has 0 N–H and O–H groups in total. The Hall–Kier alpha value is -0.260. The summed E-state index contributed by atoms with van der Waals surface area (Å²) < 4.78 is 0. The highest BCUT2D eigenvalue weighted by atomic mass is 14.4. The van der Waals surface area contributed by atoms with Gasteiger partial charge in [-0.05, 0) is 86.9 Å². The molecule has 0 saturated heterocycles. The predicted octanol–water partition coefficient (Wildman–Crippen LogP) is 6.61. The maximum Gasteiger partial charge on any atom is -0.0233 e. The van der Waals surface area contributed by atoms with E-state index < -0.39 is 0 Å². The van der Waals surface area contributed by atoms with E-state index in [2.05, 4.69) is 19.6 Å². The minimum atomic E-state index is 0.840. The van der Waals surface area contributed by atoms with Gasteiger partial charge in [0.1, 0.15) is 0 Å². The Morgan fingerprint density at radius 3 is 2.00 bits per heavy atom. The Bertz CT molecular complexity index is 323. The first-order valence-electron chi connectivity index (χ1n) is 9.92. The number of allylic oxidation sites excluding steroid dienone is 1. The SMILES string of the molecule is C=CC1CCC2CC(C3CCC(CCC)CC3)CCC2C1. The molecule has 0 spiro atoms. The Balaban J connectivity index is 1.48. The van der Waals surface area contributed by atoms with Crippen molar-refractivity contribution in [3.05, 3.63) is 12.7 Å². The monoisotopic (exact) mass is 288 g/mol. The first-order valence-corrected chi connectivity index (χ1v) is 9.92. The molecule has 0 nitrogen and oxygen atoms in total. The van der Waals surface area contributed by atoms with Crippen LogP contribution in [0.4, 0.5) is 0 Å². The minimum Gasteiger partial charge on any atom is -0.103 e. The highest BCUT2D eigenvalue weighted by Crippen LogP contribution is 2.49. The molecular formula is C21H36. The molecule has 3 fully saturated rings. The molecule has 0 aliphatic heterocycles. The van der Waals surface area contributed by atoms with Gasteiger partial charge in [-0.2, -0.15) is 0 Å². The van der Waals surface area contributed by atoms with Gasteiger partial charge in [-0.1, -0.05) is 38.7 Å². The molecule has 0 aromatic rings. The Morgan fingerprint density at radius 1 is 0.762 bits per heavy atom. The molecule has 0 bridgehead atoms. The van der Waals surface area contributed by atoms with Crippen LogP contribution in [0.3, 0.4) is 0 Å². The molecule has 0 heterocycles. The maximum atomic E-state index is 4.03. The highest BCUT2D eigenvalue weighted by Gasteiger charge is 2.38. The summed E-state index contributed by atoms with van der Waals surface area (Å²) in [5, 5.41) is 0. The van der Waals surface area contributed by atoms with Crippen LogP contribution in [0.1, 0.15) is 84.0 Å². The Kier molecular flexibility index (Phi) is 5.46. The largest absolute Gasteiger partial charge is 0.103 e. The summed E-state index contributed by atoms with van der Waals surface area (Å²) in [5.41, 5.74) is 0. The van der Waals surface area contributed by atoms with E-state index in [1.165, 1.54) is 38.5 Å². The molecule has 3 saturated carbocycles. The third-order valence-electron chi connectivity index (χ3n) is 7.28. The molecule has 3 aliphatic carbocycles. The fourth-order valence-electron chi connectivity index (χ4n) is 5.96. The maximum absolute atomic E-state index is 4.03. The van der Waals surface area contributed by atoms with Crippen molar-refractivity contribution in [1.29, 1.82) is 0 Å². The summed E-state index contributed by atoms with van der Waals surface area (Å²) >= 11 is 0. The van der Waals surface area contributed by atoms with Gasteiger partial charge in [0.2, 0.25) is 0 Å². The van der Waals surface area contributed by atoms with Crippen LogP contribution in [-0.2, 0) is 0 Å². The van der Waals surface area contributed by atoms with E-state index in [0.29, 0.717) is 0 Å². The first-order chi connectivity index (χ1) is 10.3. The van der Waals surface area contributed by atoms with Crippen molar-refractivity contribution < 1.29 is 0 Å². The van der Waals surface area contributed by atoms with Gasteiger partial charge >= 0.3 is 0 Å². The molecular weight excluding hydrogens is 252 g/mol. The van der Waals surface area contributed by atoms with E-state index in [1.54, 1.807) is 38.5 Å². The van der Waals surface area contributed by atoms with E-state index >= 15 is 0 Å². The zero-order valence-electron chi connectivity index (χ0n) is 14.2. The summed E-state index contributed by atoms with van der Waals surface area (Å²) in [4.78, 5) is 0. The van der Waals surface area contributed by atoms with Gasteiger partial charge in [-0.15, -0.1) is 6.58 Å². The first kappa shape index (κ1) is 15.6. The lowest BCUT2D eigenvalue weighted by molar-refractivity contribution is 0.0672. The standard InChI is InChI=1S/C21H36/c1-3-5-17-7-9-18(10-8-17)20-13-12-19-14-16(4-2)6-11-21(19)15-20/h4,16-21H,2-3,5-15H2,1H3. The summed E-state index contributed by atoms with van der Waals surface area (Å²) in [5.74, 6) is 6.23. The Morgan fingerprint density at radius 2 is 1.33 bits per heavy atom. The van der Waals surface area contributed by atoms with Crippen LogP contribution in [0.2, 0.25) is 0 Å². The van der Waals surface area contributed by atoms with Crippen molar-refractivity contribution >= 4 is 0 Å². The number of fused-ring (bicyclic) bond motifs is 1. The summed E-state index contributed by atoms with van der Waals surface area (Å²) in [6.07, 6.45) is 20.4. The van der Waals surface area contributed by atoms with Gasteiger partial charge < -0.3 is 0 Å². The van der Waals surface area contributed by atoms with Crippen molar-refractivity contribution in [1.82, 2.24) is 0 Å². The van der Waals surface area contributed by atoms with E-state index in [1.807, 2.05) is 0 Å². The fraction of sp³-hybridized carbons (Fsp3) is 0.905. The second-order valence-electron chi connectivity index (χ2n) is 8.47. The molecule has 4 unspecified atom stereocenters. The van der Waals surface area contributed by atoms with Crippen molar-refractivity contribution in [3.8, 4) is 0 Å². The molecule has 120 valence electrons. The molecule has 0 amide bonds. The van der Waals surface area contributed by atoms with E-state index in [0.717, 1.165) is 35.5 Å². The van der Waals surface area contributed by atoms with Crippen LogP contribution in [0, 0.1) is 35.5 Å². The van der Waals surface area contributed by atoms with Crippen LogP contribution in [-0.4, -0.2) is 0 Å². The molecule has 21 heavy (non-hydrogen) atoms. The van der Waals surface area contributed by atoms with E-state index in [-0.39, 0.29) is 0 Å². The van der Waals surface area contributed by atoms with Crippen LogP contribution in [0.5, 0.6) is 0 Å². The lowest BCUT2D eigenvalue weighted by atomic mass is 9.61. The van der Waals surface area contributed by atoms with Crippen molar-refractivity contribution in [2.75, 3.05) is 0 Å². The van der Waals surface area contributed by atoms with Gasteiger partial charge in [0.05, 0.1) is 0 Å². The number of hydrogen-bond acceptors (Lipinski definition) is 0. The smallest absolute Gasteiger partial charge is 0.0233 e. The summed E-state index contributed by atoms with van der Waals surface area (Å²) in [6, 6.07) is 0. The van der Waals surface area contributed by atoms with Crippen molar-refractivity contribution in [2.24, 2.45) is 35.5 Å². The lowest BCUT2D eigenvalue weighted by Crippen LogP contribution is -2.34. The third kappa shape index (κ3) is 3.74. The molecule has 0 aromatic heterocycles. The minimum absolute atomic E-state index is 0.840. The normalized spacial score (nSPS) is 44.0.